The van der Waals surface area contributed by atoms with Crippen LogP contribution in [0.2, 0.25) is 0 Å². The molecule has 0 atom stereocenters. The zero-order chi connectivity index (χ0) is 32.2. The minimum absolute atomic E-state index is 0. The summed E-state index contributed by atoms with van der Waals surface area (Å²) < 4.78 is 11.9. The summed E-state index contributed by atoms with van der Waals surface area (Å²) in [7, 11) is 0. The summed E-state index contributed by atoms with van der Waals surface area (Å²) in [5.41, 5.74) is 4.42. The van der Waals surface area contributed by atoms with Gasteiger partial charge in [0, 0.05) is 0 Å². The molecule has 0 saturated carbocycles. The van der Waals surface area contributed by atoms with E-state index >= 15 is 0 Å². The molecule has 2 heterocycles. The molecule has 0 radical (unpaired) electrons. The van der Waals surface area contributed by atoms with Crippen LogP contribution in [0.15, 0.2) is 154 Å². The monoisotopic (exact) mass is 631 g/mol. The van der Waals surface area contributed by atoms with E-state index in [-0.39, 0.29) is 21.6 Å². The van der Waals surface area contributed by atoms with Gasteiger partial charge in [-0.25, -0.2) is 0 Å². The molecule has 0 aliphatic rings. The zero-order valence-electron chi connectivity index (χ0n) is 26.2. The Bertz CT molecular complexity index is 2640. The van der Waals surface area contributed by atoms with Crippen molar-refractivity contribution in [2.24, 2.45) is 0 Å². The van der Waals surface area contributed by atoms with E-state index in [1.807, 2.05) is 133 Å². The molecule has 0 amide bonds. The molecular weight excluding hydrogens is 605 g/mol. The second-order valence-electron chi connectivity index (χ2n) is 11.8. The van der Waals surface area contributed by atoms with Gasteiger partial charge in [-0.05, 0) is 68.7 Å². The fourth-order valence-electron chi connectivity index (χ4n) is 6.52. The molecule has 2 N–H and O–H groups in total. The molecule has 228 valence electrons. The van der Waals surface area contributed by atoms with E-state index in [0.29, 0.717) is 33.7 Å². The summed E-state index contributed by atoms with van der Waals surface area (Å²) in [6, 6.07) is 46.9. The second-order valence-corrected chi connectivity index (χ2v) is 11.8. The summed E-state index contributed by atoms with van der Waals surface area (Å²) in [5.74, 6) is 0.953. The molecule has 8 aromatic carbocycles. The van der Waals surface area contributed by atoms with Crippen molar-refractivity contribution in [1.29, 1.82) is 0 Å². The summed E-state index contributed by atoms with van der Waals surface area (Å²) in [6.45, 7) is 0. The Morgan fingerprint density at radius 3 is 1.10 bits per heavy atom. The second kappa shape index (κ2) is 11.9. The quantitative estimate of drug-likeness (QED) is 0.180. The first-order valence-corrected chi connectivity index (χ1v) is 15.7. The van der Waals surface area contributed by atoms with Gasteiger partial charge in [0.25, 0.3) is 11.0 Å². The first kappa shape index (κ1) is 29.9. The van der Waals surface area contributed by atoms with Crippen LogP contribution in [0.25, 0.3) is 88.2 Å². The third-order valence-corrected chi connectivity index (χ3v) is 8.93. The van der Waals surface area contributed by atoms with Crippen molar-refractivity contribution in [2.75, 3.05) is 0 Å². The number of oxazole rings is 2. The molecule has 0 aliphatic heterocycles. The zero-order valence-corrected chi connectivity index (χ0v) is 26.2. The predicted molar refractivity (Wildman–Crippen MR) is 191 cm³/mol. The van der Waals surface area contributed by atoms with Crippen LogP contribution >= 0.6 is 0 Å². The van der Waals surface area contributed by atoms with Crippen molar-refractivity contribution in [3.05, 3.63) is 146 Å². The van der Waals surface area contributed by atoms with Crippen LogP contribution in [0.4, 0.5) is 0 Å². The van der Waals surface area contributed by atoms with E-state index in [2.05, 4.69) is 22.1 Å². The summed E-state index contributed by atoms with van der Waals surface area (Å²) in [6.07, 6.45) is 0. The Hall–Kier alpha value is -6.49. The number of hydrogen-bond acceptors (Lipinski definition) is 4. The Labute approximate surface area is 283 Å². The average Bonchev–Trinajstić information content (AvgIpc) is 3.78. The molecule has 6 nitrogen and oxygen atoms in total. The van der Waals surface area contributed by atoms with Crippen molar-refractivity contribution in [1.82, 2.24) is 0 Å². The van der Waals surface area contributed by atoms with E-state index in [4.69, 9.17) is 8.83 Å². The Morgan fingerprint density at radius 2 is 0.694 bits per heavy atom. The van der Waals surface area contributed by atoms with Crippen LogP contribution in [-0.4, -0.2) is 10.1 Å². The largest absolute Gasteiger partial charge is 2.00 e. The molecule has 0 saturated heterocycles. The Kier molecular flexibility index (Phi) is 7.29. The van der Waals surface area contributed by atoms with Crippen molar-refractivity contribution >= 4 is 75.4 Å². The first-order chi connectivity index (χ1) is 23.6. The minimum Gasteiger partial charge on any atom is -0.871 e. The molecule has 7 heteroatoms. The van der Waals surface area contributed by atoms with Crippen LogP contribution in [-0.2, 0) is 0 Å². The molecular formula is C42H26BeN2O4+2. The van der Waals surface area contributed by atoms with Gasteiger partial charge in [0.1, 0.15) is 0 Å². The molecule has 0 aliphatic carbocycles. The maximum absolute atomic E-state index is 12.8. The Morgan fingerprint density at radius 1 is 0.367 bits per heavy atom. The standard InChI is InChI=1S/2C21H13NO2.Be/c2*23-20-16-8-4-2-6-14(16)9-11-17(20)21-22-19-15-7-3-1-5-13(15)10-12-18(19)24-21;/h2*1-12,23H;/q;;+2. The molecule has 0 fully saturated rings. The van der Waals surface area contributed by atoms with Gasteiger partial charge < -0.3 is 19.0 Å². The normalized spacial score (nSPS) is 11.3. The van der Waals surface area contributed by atoms with Crippen LogP contribution < -0.4 is 20.2 Å². The van der Waals surface area contributed by atoms with Gasteiger partial charge >= 0.3 is 21.9 Å². The smallest absolute Gasteiger partial charge is 0.871 e. The number of hydrogen-bond donors (Lipinski definition) is 0. The summed E-state index contributed by atoms with van der Waals surface area (Å²) in [4.78, 5) is 6.59. The number of benzene rings is 8. The number of aromatic nitrogens is 2. The van der Waals surface area contributed by atoms with Crippen LogP contribution in [0.1, 0.15) is 0 Å². The summed E-state index contributed by atoms with van der Waals surface area (Å²) in [5, 5.41) is 33.3. The Balaban J connectivity index is 0.000000139. The van der Waals surface area contributed by atoms with Crippen LogP contribution in [0, 0.1) is 0 Å². The van der Waals surface area contributed by atoms with Gasteiger partial charge in [-0.15, -0.1) is 0 Å². The molecule has 0 spiro atoms. The number of rotatable bonds is 2. The summed E-state index contributed by atoms with van der Waals surface area (Å²) >= 11 is 0. The molecule has 49 heavy (non-hydrogen) atoms. The fourth-order valence-corrected chi connectivity index (χ4v) is 6.52. The molecule has 0 unspecified atom stereocenters. The first-order valence-electron chi connectivity index (χ1n) is 15.7. The van der Waals surface area contributed by atoms with Crippen molar-refractivity contribution < 1.29 is 29.0 Å². The molecule has 10 aromatic rings. The predicted octanol–water partition coefficient (Wildman–Crippen LogP) is 8.21. The SMILES string of the molecule is [Be+2].[O-]c1c(-c2[nH+]c3c(ccc4ccccc43)o2)ccc2ccccc12.[O-]c1c(-c2[nH+]c3c(ccc4ccccc43)o2)ccc2ccccc12. The van der Waals surface area contributed by atoms with E-state index in [1.165, 1.54) is 0 Å². The van der Waals surface area contributed by atoms with Crippen LogP contribution in [0.5, 0.6) is 11.5 Å². The van der Waals surface area contributed by atoms with Gasteiger partial charge in [-0.1, -0.05) is 121 Å². The number of nitrogens with one attached hydrogen (secondary N) is 2. The maximum Gasteiger partial charge on any atom is 2.00 e. The van der Waals surface area contributed by atoms with E-state index in [0.717, 1.165) is 54.5 Å². The van der Waals surface area contributed by atoms with Gasteiger partial charge in [-0.3, -0.25) is 0 Å². The number of H-pyrrole nitrogens is 2. The van der Waals surface area contributed by atoms with E-state index in [1.54, 1.807) is 0 Å². The van der Waals surface area contributed by atoms with Gasteiger partial charge in [0.15, 0.2) is 0 Å². The third-order valence-electron chi connectivity index (χ3n) is 8.93. The fraction of sp³-hybridized carbons (Fsp3) is 0. The van der Waals surface area contributed by atoms with Gasteiger partial charge in [0.05, 0.1) is 21.9 Å². The molecule has 2 aromatic heterocycles. The van der Waals surface area contributed by atoms with Crippen molar-refractivity contribution in [2.45, 2.75) is 0 Å². The molecule has 0 bridgehead atoms. The van der Waals surface area contributed by atoms with Gasteiger partial charge in [0.2, 0.25) is 11.2 Å². The number of fused-ring (bicyclic) bond motifs is 8. The maximum atomic E-state index is 12.8. The van der Waals surface area contributed by atoms with Crippen molar-refractivity contribution in [3.8, 4) is 34.4 Å². The topological polar surface area (TPSA) is 101 Å². The van der Waals surface area contributed by atoms with E-state index in [9.17, 15) is 10.2 Å². The minimum atomic E-state index is -0.0206. The number of aromatic amines is 2. The average molecular weight is 632 g/mol. The van der Waals surface area contributed by atoms with Gasteiger partial charge in [-0.2, -0.15) is 9.97 Å². The third kappa shape index (κ3) is 5.03. The van der Waals surface area contributed by atoms with Crippen molar-refractivity contribution in [3.63, 3.8) is 0 Å². The van der Waals surface area contributed by atoms with E-state index < -0.39 is 0 Å². The van der Waals surface area contributed by atoms with Crippen LogP contribution in [0.3, 0.4) is 0 Å². The molecule has 10 rings (SSSR count).